The molecule has 3 aromatic rings. The topological polar surface area (TPSA) is 63.1 Å². The van der Waals surface area contributed by atoms with E-state index >= 15 is 0 Å². The standard InChI is InChI=1S/C21H22FN3O2/c1-13(2)11-25-12-17(16-6-4-5-7-20(16)25)21(27)24-19-10-15(23-14(3)26)8-9-18(19)22/h4-10,12-13H,11H2,1-3H3,(H,23,26)(H,24,27). The van der Waals surface area contributed by atoms with Crippen molar-refractivity contribution < 1.29 is 14.0 Å². The molecular formula is C21H22FN3O2. The zero-order chi connectivity index (χ0) is 19.6. The summed E-state index contributed by atoms with van der Waals surface area (Å²) in [6.45, 7) is 6.36. The van der Waals surface area contributed by atoms with E-state index in [0.29, 0.717) is 17.2 Å². The van der Waals surface area contributed by atoms with Crippen LogP contribution < -0.4 is 10.6 Å². The molecular weight excluding hydrogens is 345 g/mol. The van der Waals surface area contributed by atoms with E-state index in [2.05, 4.69) is 24.5 Å². The van der Waals surface area contributed by atoms with Gasteiger partial charge in [0.25, 0.3) is 5.91 Å². The Morgan fingerprint density at radius 2 is 1.85 bits per heavy atom. The molecule has 2 N–H and O–H groups in total. The minimum absolute atomic E-state index is 0.0203. The van der Waals surface area contributed by atoms with Crippen molar-refractivity contribution in [2.24, 2.45) is 5.92 Å². The fourth-order valence-corrected chi connectivity index (χ4v) is 3.06. The molecule has 0 bridgehead atoms. The van der Waals surface area contributed by atoms with Crippen molar-refractivity contribution in [3.8, 4) is 0 Å². The van der Waals surface area contributed by atoms with Crippen molar-refractivity contribution >= 4 is 34.1 Å². The number of amides is 2. The van der Waals surface area contributed by atoms with Crippen LogP contribution in [-0.4, -0.2) is 16.4 Å². The molecule has 1 heterocycles. The first-order valence-corrected chi connectivity index (χ1v) is 8.81. The second-order valence-electron chi connectivity index (χ2n) is 6.94. The first-order valence-electron chi connectivity index (χ1n) is 8.81. The average Bonchev–Trinajstić information content (AvgIpc) is 2.96. The van der Waals surface area contributed by atoms with Crippen LogP contribution in [0.5, 0.6) is 0 Å². The summed E-state index contributed by atoms with van der Waals surface area (Å²) in [7, 11) is 0. The van der Waals surface area contributed by atoms with Crippen LogP contribution in [-0.2, 0) is 11.3 Å². The predicted octanol–water partition coefficient (Wildman–Crippen LogP) is 4.65. The van der Waals surface area contributed by atoms with Crippen LogP contribution in [0, 0.1) is 11.7 Å². The molecule has 0 atom stereocenters. The molecule has 6 heteroatoms. The number of halogens is 1. The number of nitrogens with zero attached hydrogens (tertiary/aromatic N) is 1. The number of carbonyl (C=O) groups is 2. The summed E-state index contributed by atoms with van der Waals surface area (Å²) < 4.78 is 16.2. The molecule has 27 heavy (non-hydrogen) atoms. The Bertz CT molecular complexity index is 1010. The van der Waals surface area contributed by atoms with Crippen molar-refractivity contribution in [3.63, 3.8) is 0 Å². The molecule has 0 radical (unpaired) electrons. The molecule has 3 rings (SSSR count). The lowest BCUT2D eigenvalue weighted by Gasteiger charge is -2.09. The van der Waals surface area contributed by atoms with Gasteiger partial charge in [-0.2, -0.15) is 0 Å². The van der Waals surface area contributed by atoms with Gasteiger partial charge in [-0.05, 0) is 30.2 Å². The van der Waals surface area contributed by atoms with E-state index in [4.69, 9.17) is 0 Å². The van der Waals surface area contributed by atoms with Crippen LogP contribution in [0.3, 0.4) is 0 Å². The zero-order valence-corrected chi connectivity index (χ0v) is 15.5. The first-order chi connectivity index (χ1) is 12.8. The Balaban J connectivity index is 1.94. The van der Waals surface area contributed by atoms with Gasteiger partial charge >= 0.3 is 0 Å². The molecule has 0 unspecified atom stereocenters. The van der Waals surface area contributed by atoms with Gasteiger partial charge in [-0.25, -0.2) is 4.39 Å². The minimum Gasteiger partial charge on any atom is -0.346 e. The number of fused-ring (bicyclic) bond motifs is 1. The molecule has 0 spiro atoms. The van der Waals surface area contributed by atoms with Gasteiger partial charge in [-0.3, -0.25) is 9.59 Å². The van der Waals surface area contributed by atoms with Gasteiger partial charge in [0.15, 0.2) is 0 Å². The number of nitrogens with one attached hydrogen (secondary N) is 2. The lowest BCUT2D eigenvalue weighted by molar-refractivity contribution is -0.114. The van der Waals surface area contributed by atoms with E-state index in [1.165, 1.54) is 25.1 Å². The number of aromatic nitrogens is 1. The molecule has 0 fully saturated rings. The quantitative estimate of drug-likeness (QED) is 0.690. The molecule has 0 saturated heterocycles. The maximum absolute atomic E-state index is 14.1. The number of rotatable bonds is 5. The van der Waals surface area contributed by atoms with E-state index in [-0.39, 0.29) is 11.6 Å². The van der Waals surface area contributed by atoms with E-state index in [1.54, 1.807) is 6.20 Å². The summed E-state index contributed by atoms with van der Waals surface area (Å²) in [5.41, 5.74) is 1.88. The number of benzene rings is 2. The lowest BCUT2D eigenvalue weighted by Crippen LogP contribution is -2.14. The van der Waals surface area contributed by atoms with Crippen LogP contribution in [0.2, 0.25) is 0 Å². The maximum Gasteiger partial charge on any atom is 0.257 e. The summed E-state index contributed by atoms with van der Waals surface area (Å²) in [6, 6.07) is 11.7. The van der Waals surface area contributed by atoms with Gasteiger partial charge in [0.2, 0.25) is 5.91 Å². The molecule has 140 valence electrons. The molecule has 5 nitrogen and oxygen atoms in total. The van der Waals surface area contributed by atoms with Gasteiger partial charge in [0.1, 0.15) is 5.82 Å². The highest BCUT2D eigenvalue weighted by atomic mass is 19.1. The van der Waals surface area contributed by atoms with Crippen LogP contribution >= 0.6 is 0 Å². The second-order valence-corrected chi connectivity index (χ2v) is 6.94. The Labute approximate surface area is 157 Å². The smallest absolute Gasteiger partial charge is 0.257 e. The van der Waals surface area contributed by atoms with E-state index in [9.17, 15) is 14.0 Å². The number of para-hydroxylation sites is 1. The number of hydrogen-bond donors (Lipinski definition) is 2. The first kappa shape index (κ1) is 18.6. The maximum atomic E-state index is 14.1. The van der Waals surface area contributed by atoms with E-state index in [1.807, 2.05) is 28.8 Å². The SMILES string of the molecule is CC(=O)Nc1ccc(F)c(NC(=O)c2cn(CC(C)C)c3ccccc23)c1. The van der Waals surface area contributed by atoms with Crippen molar-refractivity contribution in [2.75, 3.05) is 10.6 Å². The third kappa shape index (κ3) is 4.16. The monoisotopic (exact) mass is 367 g/mol. The van der Waals surface area contributed by atoms with Crippen molar-refractivity contribution in [3.05, 3.63) is 60.0 Å². The highest BCUT2D eigenvalue weighted by Crippen LogP contribution is 2.25. The molecule has 0 aliphatic carbocycles. The normalized spacial score (nSPS) is 11.0. The summed E-state index contributed by atoms with van der Waals surface area (Å²) in [5.74, 6) is -0.810. The zero-order valence-electron chi connectivity index (χ0n) is 15.5. The summed E-state index contributed by atoms with van der Waals surface area (Å²) in [6.07, 6.45) is 1.80. The number of carbonyl (C=O) groups excluding carboxylic acids is 2. The largest absolute Gasteiger partial charge is 0.346 e. The summed E-state index contributed by atoms with van der Waals surface area (Å²) >= 11 is 0. The summed E-state index contributed by atoms with van der Waals surface area (Å²) in [4.78, 5) is 24.0. The highest BCUT2D eigenvalue weighted by Gasteiger charge is 2.17. The van der Waals surface area contributed by atoms with Gasteiger partial charge in [0, 0.05) is 36.3 Å². The Kier molecular flexibility index (Phi) is 5.26. The molecule has 2 amide bonds. The molecule has 0 aliphatic rings. The minimum atomic E-state index is -0.566. The van der Waals surface area contributed by atoms with Crippen LogP contribution in [0.1, 0.15) is 31.1 Å². The predicted molar refractivity (Wildman–Crippen MR) is 105 cm³/mol. The molecule has 0 aliphatic heterocycles. The Morgan fingerprint density at radius 1 is 1.11 bits per heavy atom. The number of hydrogen-bond acceptors (Lipinski definition) is 2. The van der Waals surface area contributed by atoms with E-state index in [0.717, 1.165) is 17.4 Å². The van der Waals surface area contributed by atoms with Crippen LogP contribution in [0.25, 0.3) is 10.9 Å². The third-order valence-corrected chi connectivity index (χ3v) is 4.13. The molecule has 1 aromatic heterocycles. The van der Waals surface area contributed by atoms with Crippen molar-refractivity contribution in [2.45, 2.75) is 27.3 Å². The van der Waals surface area contributed by atoms with Gasteiger partial charge < -0.3 is 15.2 Å². The third-order valence-electron chi connectivity index (χ3n) is 4.13. The Morgan fingerprint density at radius 3 is 2.56 bits per heavy atom. The molecule has 0 saturated carbocycles. The van der Waals surface area contributed by atoms with E-state index < -0.39 is 11.7 Å². The molecule has 2 aromatic carbocycles. The van der Waals surface area contributed by atoms with Crippen molar-refractivity contribution in [1.29, 1.82) is 0 Å². The Hall–Kier alpha value is -3.15. The number of anilines is 2. The summed E-state index contributed by atoms with van der Waals surface area (Å²) in [5, 5.41) is 6.01. The van der Waals surface area contributed by atoms with Gasteiger partial charge in [0.05, 0.1) is 11.3 Å². The second kappa shape index (κ2) is 7.61. The van der Waals surface area contributed by atoms with Gasteiger partial charge in [-0.15, -0.1) is 0 Å². The van der Waals surface area contributed by atoms with Crippen molar-refractivity contribution in [1.82, 2.24) is 4.57 Å². The highest BCUT2D eigenvalue weighted by molar-refractivity contribution is 6.13. The van der Waals surface area contributed by atoms with Crippen LogP contribution in [0.4, 0.5) is 15.8 Å². The fourth-order valence-electron chi connectivity index (χ4n) is 3.06. The fraction of sp³-hybridized carbons (Fsp3) is 0.238. The average molecular weight is 367 g/mol. The van der Waals surface area contributed by atoms with Crippen LogP contribution in [0.15, 0.2) is 48.7 Å². The lowest BCUT2D eigenvalue weighted by atomic mass is 10.1. The van der Waals surface area contributed by atoms with Gasteiger partial charge in [-0.1, -0.05) is 32.0 Å².